The van der Waals surface area contributed by atoms with Gasteiger partial charge in [0.05, 0.1) is 0 Å². The monoisotopic (exact) mass is 283 g/mol. The molecule has 0 fully saturated rings. The minimum absolute atomic E-state index is 0.176. The number of nitrogens with zero attached hydrogens (tertiary/aromatic N) is 2. The molecule has 0 aliphatic rings. The molecule has 3 aromatic rings. The smallest absolute Gasteiger partial charge is 0.267 e. The highest BCUT2D eigenvalue weighted by molar-refractivity contribution is 5.94. The molecular weight excluding hydrogens is 270 g/mol. The fourth-order valence-corrected chi connectivity index (χ4v) is 2.06. The van der Waals surface area contributed by atoms with E-state index in [1.54, 1.807) is 18.2 Å². The Balaban J connectivity index is 1.74. The van der Waals surface area contributed by atoms with Crippen molar-refractivity contribution < 1.29 is 4.79 Å². The van der Waals surface area contributed by atoms with Gasteiger partial charge in [-0.1, -0.05) is 12.1 Å². The van der Waals surface area contributed by atoms with E-state index in [1.165, 1.54) is 12.4 Å². The van der Waals surface area contributed by atoms with Gasteiger partial charge in [0.2, 0.25) is 0 Å². The molecule has 2 heterocycles. The minimum atomic E-state index is -0.322. The minimum Gasteiger partial charge on any atom is -0.350 e. The second-order valence-electron chi connectivity index (χ2n) is 4.53. The highest BCUT2D eigenvalue weighted by atomic mass is 16.2. The van der Waals surface area contributed by atoms with E-state index < -0.39 is 0 Å². The summed E-state index contributed by atoms with van der Waals surface area (Å²) in [5, 5.41) is 9.74. The zero-order chi connectivity index (χ0) is 14.7. The first-order valence-electron chi connectivity index (χ1n) is 6.48. The van der Waals surface area contributed by atoms with Crippen molar-refractivity contribution >= 4 is 16.8 Å². The molecule has 0 aliphatic heterocycles. The van der Waals surface area contributed by atoms with Crippen LogP contribution in [0.25, 0.3) is 10.9 Å². The van der Waals surface area contributed by atoms with E-state index in [2.05, 4.69) is 25.5 Å². The van der Waals surface area contributed by atoms with E-state index in [0.717, 1.165) is 0 Å². The lowest BCUT2D eigenvalue weighted by molar-refractivity contribution is 0.0949. The summed E-state index contributed by atoms with van der Waals surface area (Å²) in [5.74, 6) is 0.375. The molecule has 0 unspecified atom stereocenters. The summed E-state index contributed by atoms with van der Waals surface area (Å²) in [7, 11) is 0. The quantitative estimate of drug-likeness (QED) is 0.653. The van der Waals surface area contributed by atoms with Gasteiger partial charge < -0.3 is 10.3 Å². The Hall–Kier alpha value is -2.96. The second kappa shape index (κ2) is 5.58. The number of H-pyrrole nitrogens is 2. The lowest BCUT2D eigenvalue weighted by atomic mass is 10.2. The van der Waals surface area contributed by atoms with Gasteiger partial charge in [-0.2, -0.15) is 5.10 Å². The van der Waals surface area contributed by atoms with Crippen molar-refractivity contribution in [2.24, 2.45) is 0 Å². The summed E-state index contributed by atoms with van der Waals surface area (Å²) in [6.45, 7) is 0.406. The molecule has 0 atom stereocenters. The van der Waals surface area contributed by atoms with Crippen LogP contribution in [-0.2, 0) is 6.42 Å². The van der Waals surface area contributed by atoms with Crippen LogP contribution in [-0.4, -0.2) is 32.6 Å². The Labute approximate surface area is 119 Å². The SMILES string of the molecule is O=C(NCCc1ncn[nH]1)c1cc(=O)c2ccccc2[nH]1. The lowest BCUT2D eigenvalue weighted by Gasteiger charge is -2.05. The molecule has 3 N–H and O–H groups in total. The first-order chi connectivity index (χ1) is 10.2. The van der Waals surface area contributed by atoms with Crippen molar-refractivity contribution in [1.29, 1.82) is 0 Å². The van der Waals surface area contributed by atoms with Gasteiger partial charge in [-0.3, -0.25) is 14.7 Å². The van der Waals surface area contributed by atoms with E-state index in [4.69, 9.17) is 0 Å². The van der Waals surface area contributed by atoms with E-state index >= 15 is 0 Å². The Morgan fingerprint density at radius 3 is 2.95 bits per heavy atom. The molecule has 3 rings (SSSR count). The number of benzene rings is 1. The number of rotatable bonds is 4. The molecule has 7 nitrogen and oxygen atoms in total. The van der Waals surface area contributed by atoms with Crippen LogP contribution in [0.4, 0.5) is 0 Å². The number of amides is 1. The summed E-state index contributed by atoms with van der Waals surface area (Å²) in [4.78, 5) is 30.9. The van der Waals surface area contributed by atoms with Crippen LogP contribution in [0.5, 0.6) is 0 Å². The highest BCUT2D eigenvalue weighted by Crippen LogP contribution is 2.07. The molecule has 1 aromatic carbocycles. The molecule has 1 amide bonds. The van der Waals surface area contributed by atoms with Gasteiger partial charge in [-0.05, 0) is 12.1 Å². The number of carbonyl (C=O) groups is 1. The number of carbonyl (C=O) groups excluding carboxylic acids is 1. The second-order valence-corrected chi connectivity index (χ2v) is 4.53. The molecule has 21 heavy (non-hydrogen) atoms. The number of aromatic amines is 2. The van der Waals surface area contributed by atoms with Gasteiger partial charge in [0.1, 0.15) is 17.8 Å². The summed E-state index contributed by atoms with van der Waals surface area (Å²) in [6.07, 6.45) is 1.96. The molecule has 0 spiro atoms. The third-order valence-electron chi connectivity index (χ3n) is 3.09. The van der Waals surface area contributed by atoms with Crippen molar-refractivity contribution in [2.45, 2.75) is 6.42 Å². The van der Waals surface area contributed by atoms with Gasteiger partial charge in [-0.25, -0.2) is 4.98 Å². The summed E-state index contributed by atoms with van der Waals surface area (Å²) < 4.78 is 0. The Kier molecular flexibility index (Phi) is 3.46. The molecule has 0 radical (unpaired) electrons. The van der Waals surface area contributed by atoms with Crippen LogP contribution in [0, 0.1) is 0 Å². The number of aromatic nitrogens is 4. The normalized spacial score (nSPS) is 10.7. The maximum absolute atomic E-state index is 12.0. The maximum Gasteiger partial charge on any atom is 0.267 e. The average molecular weight is 283 g/mol. The van der Waals surface area contributed by atoms with Crippen LogP contribution in [0.2, 0.25) is 0 Å². The fourth-order valence-electron chi connectivity index (χ4n) is 2.06. The third-order valence-corrected chi connectivity index (χ3v) is 3.09. The Bertz CT molecular complexity index is 823. The van der Waals surface area contributed by atoms with Gasteiger partial charge in [0.25, 0.3) is 5.91 Å². The van der Waals surface area contributed by atoms with Crippen molar-refractivity contribution in [2.75, 3.05) is 6.54 Å². The van der Waals surface area contributed by atoms with Crippen LogP contribution in [0.3, 0.4) is 0 Å². The molecule has 0 aliphatic carbocycles. The van der Waals surface area contributed by atoms with Gasteiger partial charge in [-0.15, -0.1) is 0 Å². The summed E-state index contributed by atoms with van der Waals surface area (Å²) in [5.41, 5.74) is 0.714. The zero-order valence-corrected chi connectivity index (χ0v) is 11.1. The number of nitrogens with one attached hydrogen (secondary N) is 3. The molecule has 7 heteroatoms. The molecule has 0 bridgehead atoms. The van der Waals surface area contributed by atoms with Gasteiger partial charge in [0, 0.05) is 29.9 Å². The van der Waals surface area contributed by atoms with Crippen molar-refractivity contribution in [3.63, 3.8) is 0 Å². The lowest BCUT2D eigenvalue weighted by Crippen LogP contribution is -2.27. The first kappa shape index (κ1) is 13.0. The van der Waals surface area contributed by atoms with Crippen LogP contribution >= 0.6 is 0 Å². The molecule has 106 valence electrons. The van der Waals surface area contributed by atoms with E-state index in [1.807, 2.05) is 6.07 Å². The molecule has 2 aromatic heterocycles. The zero-order valence-electron chi connectivity index (χ0n) is 11.1. The van der Waals surface area contributed by atoms with E-state index in [9.17, 15) is 9.59 Å². The summed E-state index contributed by atoms with van der Waals surface area (Å²) >= 11 is 0. The summed E-state index contributed by atoms with van der Waals surface area (Å²) in [6, 6.07) is 8.40. The number of hydrogen-bond acceptors (Lipinski definition) is 4. The number of pyridine rings is 1. The van der Waals surface area contributed by atoms with Crippen LogP contribution in [0.15, 0.2) is 41.5 Å². The van der Waals surface area contributed by atoms with Crippen LogP contribution < -0.4 is 10.7 Å². The largest absolute Gasteiger partial charge is 0.350 e. The maximum atomic E-state index is 12.0. The molecule has 0 saturated carbocycles. The van der Waals surface area contributed by atoms with E-state index in [-0.39, 0.29) is 17.0 Å². The Morgan fingerprint density at radius 1 is 1.29 bits per heavy atom. The van der Waals surface area contributed by atoms with E-state index in [0.29, 0.717) is 29.7 Å². The third kappa shape index (κ3) is 2.81. The van der Waals surface area contributed by atoms with Crippen molar-refractivity contribution in [1.82, 2.24) is 25.5 Å². The topological polar surface area (TPSA) is 104 Å². The Morgan fingerprint density at radius 2 is 2.14 bits per heavy atom. The highest BCUT2D eigenvalue weighted by Gasteiger charge is 2.09. The van der Waals surface area contributed by atoms with Gasteiger partial charge in [0.15, 0.2) is 5.43 Å². The predicted molar refractivity (Wildman–Crippen MR) is 77.0 cm³/mol. The standard InChI is InChI=1S/C14H13N5O2/c20-12-7-11(18-10-4-2-1-3-9(10)12)14(21)15-6-5-13-16-8-17-19-13/h1-4,7-8H,5-6H2,(H,15,21)(H,18,20)(H,16,17,19). The first-order valence-corrected chi connectivity index (χ1v) is 6.48. The number of hydrogen-bond donors (Lipinski definition) is 3. The van der Waals surface area contributed by atoms with Gasteiger partial charge >= 0.3 is 0 Å². The van der Waals surface area contributed by atoms with Crippen molar-refractivity contribution in [3.05, 3.63) is 58.4 Å². The fraction of sp³-hybridized carbons (Fsp3) is 0.143. The average Bonchev–Trinajstić information content (AvgIpc) is 3.00. The van der Waals surface area contributed by atoms with Crippen LogP contribution in [0.1, 0.15) is 16.3 Å². The number of para-hydroxylation sites is 1. The molecular formula is C14H13N5O2. The predicted octanol–water partition coefficient (Wildman–Crippen LogP) is 0.619. The van der Waals surface area contributed by atoms with Crippen molar-refractivity contribution in [3.8, 4) is 0 Å². The molecule has 0 saturated heterocycles. The number of fused-ring (bicyclic) bond motifs is 1.